The van der Waals surface area contributed by atoms with Crippen molar-refractivity contribution in [2.24, 2.45) is 0 Å². The number of hydrogen-bond acceptors (Lipinski definition) is 13. The van der Waals surface area contributed by atoms with Gasteiger partial charge in [-0.05, 0) is 183 Å². The van der Waals surface area contributed by atoms with Crippen LogP contribution >= 0.6 is 66.7 Å². The van der Waals surface area contributed by atoms with E-state index in [0.717, 1.165) is 192 Å². The normalized spacial score (nSPS) is 11.3. The molecule has 0 amide bonds. The first-order valence-electron chi connectivity index (χ1n) is 42.7. The number of fused-ring (bicyclic) bond motifs is 18. The molecule has 0 aliphatic carbocycles. The molecular formula is C114H71Br2Cl3N10O3. The highest BCUT2D eigenvalue weighted by Gasteiger charge is 2.24. The fraction of sp³-hybridized carbons (Fsp3) is 0.0175. The van der Waals surface area contributed by atoms with Crippen molar-refractivity contribution >= 4 is 187 Å². The minimum absolute atomic E-state index is 0.190. The van der Waals surface area contributed by atoms with Crippen LogP contribution in [0.3, 0.4) is 0 Å². The zero-order valence-corrected chi connectivity index (χ0v) is 76.1. The summed E-state index contributed by atoms with van der Waals surface area (Å²) < 4.78 is 20.2. The van der Waals surface area contributed by atoms with Gasteiger partial charge in [0.1, 0.15) is 39.2 Å². The lowest BCUT2D eigenvalue weighted by atomic mass is 9.94. The molecule has 18 heteroatoms. The second-order valence-electron chi connectivity index (χ2n) is 31.7. The third-order valence-corrected chi connectivity index (χ3v) is 24.6. The number of rotatable bonds is 9. The zero-order chi connectivity index (χ0) is 89.3. The fourth-order valence-corrected chi connectivity index (χ4v) is 18.2. The summed E-state index contributed by atoms with van der Waals surface area (Å²) in [5.74, 6) is 1.48. The molecule has 8 heterocycles. The first-order chi connectivity index (χ1) is 64.8. The Kier molecular flexibility index (Phi) is 23.2. The average Bonchev–Trinajstić information content (AvgIpc) is 1.03. The van der Waals surface area contributed by atoms with E-state index in [1.807, 2.05) is 212 Å². The highest BCUT2D eigenvalue weighted by atomic mass is 79.9. The minimum Gasteiger partial charge on any atom is -0.452 e. The number of furan rings is 3. The van der Waals surface area contributed by atoms with Gasteiger partial charge in [-0.3, -0.25) is 0 Å². The number of hydrogen-bond donors (Lipinski definition) is 0. The highest BCUT2D eigenvalue weighted by Crippen LogP contribution is 2.45. The van der Waals surface area contributed by atoms with Gasteiger partial charge in [-0.2, -0.15) is 4.98 Å². The number of nitrogens with zero attached hydrogens (tertiary/aromatic N) is 10. The molecule has 0 aliphatic heterocycles. The standard InChI is InChI=1S/C28H17BrN2.C28H17ClN2O.C22H15ClN2O.C20H13BrN2.C16H9ClN2O/c29-20-16-14-19(15-17-20)28-30-26(18-8-2-1-3-9-18)25-23-12-6-4-10-21(23)22-11-5-7-13-24(22)27(25)31-28;29-28-30-25(27-26(31-28)23-13-7-8-14-24(23)32-27)22-16-20(18-9-3-1-4-10-18)15-21(17-22)19-11-5-2-6-12-19;1-12-9-13(2)11-15(10-12)19-21-20(25-22(23)24-19)18-16-6-4-3-5-14(16)7-8-17(18)26-21;21-16-12-10-15(11-13-16)20-22-18-9-5-4-8-17(18)19(23-20)14-6-2-1-3-7-14;17-16-18-14(10-6-2-1-3-7-10)13-11-8-4-5-9-12(11)20-15(13)19-16/h1-17H;1-17H;3-11H,1-2H3;1-13H;1-9H. The van der Waals surface area contributed by atoms with Gasteiger partial charge in [0.25, 0.3) is 0 Å². The van der Waals surface area contributed by atoms with E-state index < -0.39 is 0 Å². The van der Waals surface area contributed by atoms with Gasteiger partial charge in [0, 0.05) is 74.8 Å². The van der Waals surface area contributed by atoms with Crippen LogP contribution in [0.15, 0.2) is 417 Å². The van der Waals surface area contributed by atoms with Crippen LogP contribution in [0.4, 0.5) is 0 Å². The molecule has 0 fully saturated rings. The summed E-state index contributed by atoms with van der Waals surface area (Å²) in [7, 11) is 0. The molecule has 25 rings (SSSR count). The Labute approximate surface area is 789 Å². The Morgan fingerprint density at radius 2 is 0.621 bits per heavy atom. The number of para-hydroxylation sites is 3. The van der Waals surface area contributed by atoms with E-state index in [9.17, 15) is 0 Å². The Morgan fingerprint density at radius 1 is 0.220 bits per heavy atom. The first-order valence-corrected chi connectivity index (χ1v) is 45.4. The van der Waals surface area contributed by atoms with Gasteiger partial charge in [-0.1, -0.05) is 352 Å². The van der Waals surface area contributed by atoms with Crippen LogP contribution < -0.4 is 0 Å². The predicted octanol–water partition coefficient (Wildman–Crippen LogP) is 33.0. The van der Waals surface area contributed by atoms with Gasteiger partial charge in [-0.15, -0.1) is 0 Å². The molecule has 0 N–H and O–H groups in total. The molecule has 0 aliphatic rings. The van der Waals surface area contributed by atoms with Crippen LogP contribution in [0.5, 0.6) is 0 Å². The van der Waals surface area contributed by atoms with Crippen molar-refractivity contribution in [1.82, 2.24) is 49.8 Å². The topological polar surface area (TPSA) is 168 Å². The molecule has 0 saturated heterocycles. The number of aromatic nitrogens is 10. The number of aryl methyl sites for hydroxylation is 2. The molecule has 0 saturated carbocycles. The molecule has 8 aromatic heterocycles. The van der Waals surface area contributed by atoms with Crippen molar-refractivity contribution in [3.05, 3.63) is 430 Å². The maximum atomic E-state index is 6.38. The molecule has 0 bridgehead atoms. The van der Waals surface area contributed by atoms with Gasteiger partial charge < -0.3 is 13.3 Å². The first kappa shape index (κ1) is 83.6. The molecule has 13 nitrogen and oxygen atoms in total. The summed E-state index contributed by atoms with van der Waals surface area (Å²) >= 11 is 25.7. The van der Waals surface area contributed by atoms with Crippen molar-refractivity contribution in [2.75, 3.05) is 0 Å². The van der Waals surface area contributed by atoms with Gasteiger partial charge in [0.15, 0.2) is 22.8 Å². The van der Waals surface area contributed by atoms with Crippen LogP contribution in [0.25, 0.3) is 222 Å². The summed E-state index contributed by atoms with van der Waals surface area (Å²) in [5, 5.41) is 13.6. The lowest BCUT2D eigenvalue weighted by molar-refractivity contribution is 0.653. The van der Waals surface area contributed by atoms with Crippen molar-refractivity contribution in [3.8, 4) is 101 Å². The maximum Gasteiger partial charge on any atom is 0.232 e. The molecular weight excluding hydrogens is 1820 g/mol. The Morgan fingerprint density at radius 3 is 1.20 bits per heavy atom. The Bertz CT molecular complexity index is 8600. The summed E-state index contributed by atoms with van der Waals surface area (Å²) in [6, 6.07) is 133. The van der Waals surface area contributed by atoms with Gasteiger partial charge in [0.05, 0.1) is 38.9 Å². The third kappa shape index (κ3) is 16.9. The van der Waals surface area contributed by atoms with Gasteiger partial charge in [-0.25, -0.2) is 44.9 Å². The molecule has 132 heavy (non-hydrogen) atoms. The largest absolute Gasteiger partial charge is 0.452 e. The van der Waals surface area contributed by atoms with Crippen LogP contribution in [0, 0.1) is 13.8 Å². The average molecular weight is 1900 g/mol. The van der Waals surface area contributed by atoms with E-state index in [1.165, 1.54) is 27.3 Å². The zero-order valence-electron chi connectivity index (χ0n) is 70.6. The molecule has 0 radical (unpaired) electrons. The summed E-state index contributed by atoms with van der Waals surface area (Å²) in [4.78, 5) is 46.4. The maximum absolute atomic E-state index is 6.38. The molecule has 25 aromatic rings. The smallest absolute Gasteiger partial charge is 0.232 e. The van der Waals surface area contributed by atoms with E-state index in [-0.39, 0.29) is 15.9 Å². The monoisotopic (exact) mass is 1890 g/mol. The summed E-state index contributed by atoms with van der Waals surface area (Å²) in [6.07, 6.45) is 0. The molecule has 630 valence electrons. The van der Waals surface area contributed by atoms with Crippen molar-refractivity contribution in [3.63, 3.8) is 0 Å². The third-order valence-electron chi connectivity index (χ3n) is 23.0. The Balaban J connectivity index is 0.000000100. The summed E-state index contributed by atoms with van der Waals surface area (Å²) in [6.45, 7) is 4.14. The number of benzene rings is 17. The Hall–Kier alpha value is -15.3. The van der Waals surface area contributed by atoms with E-state index in [0.29, 0.717) is 22.6 Å². The number of halogens is 5. The molecule has 0 atom stereocenters. The van der Waals surface area contributed by atoms with Crippen molar-refractivity contribution < 1.29 is 13.3 Å². The van der Waals surface area contributed by atoms with Crippen LogP contribution in [0.2, 0.25) is 15.9 Å². The van der Waals surface area contributed by atoms with Crippen LogP contribution in [-0.4, -0.2) is 49.8 Å². The van der Waals surface area contributed by atoms with Crippen molar-refractivity contribution in [1.29, 1.82) is 0 Å². The van der Waals surface area contributed by atoms with Gasteiger partial charge >= 0.3 is 0 Å². The molecule has 17 aromatic carbocycles. The van der Waals surface area contributed by atoms with E-state index in [4.69, 9.17) is 68.0 Å². The highest BCUT2D eigenvalue weighted by molar-refractivity contribution is 9.10. The minimum atomic E-state index is 0.190. The van der Waals surface area contributed by atoms with Crippen LogP contribution in [0.1, 0.15) is 11.1 Å². The SMILES string of the molecule is Brc1ccc(-c2nc(-c3ccccc3)c3c4ccccc4c4ccccc4c3n2)cc1.Brc1ccc(-c2nc(-c3ccccc3)c3ccccc3n2)cc1.Cc1cc(C)cc(-c2nc(Cl)nc3c2oc2ccc4ccccc4c23)c1.Clc1nc(-c2cc(-c3ccccc3)cc(-c3ccccc3)c2)c2oc3ccccc3c2n1.Clc1nc(-c2ccccc2)c2c(n1)oc1ccccc12. The van der Waals surface area contributed by atoms with Crippen LogP contribution in [-0.2, 0) is 0 Å². The molecule has 0 unspecified atom stereocenters. The van der Waals surface area contributed by atoms with E-state index in [2.05, 4.69) is 258 Å². The second-order valence-corrected chi connectivity index (χ2v) is 34.5. The lowest BCUT2D eigenvalue weighted by Gasteiger charge is -2.15. The quantitative estimate of drug-likeness (QED) is 0.0990. The van der Waals surface area contributed by atoms with Gasteiger partial charge in [0.2, 0.25) is 21.6 Å². The van der Waals surface area contributed by atoms with E-state index in [1.54, 1.807) is 0 Å². The summed E-state index contributed by atoms with van der Waals surface area (Å²) in [5.41, 5.74) is 25.7. The fourth-order valence-electron chi connectivity index (χ4n) is 17.1. The van der Waals surface area contributed by atoms with E-state index >= 15 is 0 Å². The van der Waals surface area contributed by atoms with Crippen molar-refractivity contribution in [2.45, 2.75) is 13.8 Å². The molecule has 0 spiro atoms. The predicted molar refractivity (Wildman–Crippen MR) is 548 cm³/mol. The second kappa shape index (κ2) is 36.7. The lowest BCUT2D eigenvalue weighted by Crippen LogP contribution is -1.97.